The molecule has 0 bridgehead atoms. The predicted molar refractivity (Wildman–Crippen MR) is 60.2 cm³/mol. The molecular formula is C13H16O3. The fourth-order valence-corrected chi connectivity index (χ4v) is 2.41. The maximum atomic E-state index is 11.3. The van der Waals surface area contributed by atoms with Crippen LogP contribution in [0.2, 0.25) is 0 Å². The van der Waals surface area contributed by atoms with Crippen LogP contribution in [0.3, 0.4) is 0 Å². The molecule has 0 heterocycles. The summed E-state index contributed by atoms with van der Waals surface area (Å²) in [4.78, 5) is 11.3. The Bertz CT molecular complexity index is 423. The SMILES string of the molecule is COC(=O)C(O)c1ccc(C)c2c1CCC2. The topological polar surface area (TPSA) is 46.5 Å². The molecule has 1 atom stereocenters. The van der Waals surface area contributed by atoms with Crippen LogP contribution in [-0.4, -0.2) is 18.2 Å². The third-order valence-corrected chi connectivity index (χ3v) is 3.27. The minimum Gasteiger partial charge on any atom is -0.467 e. The fourth-order valence-electron chi connectivity index (χ4n) is 2.41. The Hall–Kier alpha value is -1.35. The molecule has 1 aromatic carbocycles. The fraction of sp³-hybridized carbons (Fsp3) is 0.462. The highest BCUT2D eigenvalue weighted by Crippen LogP contribution is 2.31. The number of fused-ring (bicyclic) bond motifs is 1. The van der Waals surface area contributed by atoms with Crippen molar-refractivity contribution in [3.63, 3.8) is 0 Å². The molecule has 0 aromatic heterocycles. The van der Waals surface area contributed by atoms with E-state index in [1.54, 1.807) is 0 Å². The molecule has 86 valence electrons. The van der Waals surface area contributed by atoms with E-state index in [-0.39, 0.29) is 0 Å². The summed E-state index contributed by atoms with van der Waals surface area (Å²) in [6.07, 6.45) is 1.95. The molecule has 1 unspecified atom stereocenters. The van der Waals surface area contributed by atoms with Gasteiger partial charge in [-0.3, -0.25) is 0 Å². The highest BCUT2D eigenvalue weighted by atomic mass is 16.5. The molecule has 3 heteroatoms. The predicted octanol–water partition coefficient (Wildman–Crippen LogP) is 1.69. The van der Waals surface area contributed by atoms with Crippen LogP contribution in [0.25, 0.3) is 0 Å². The monoisotopic (exact) mass is 220 g/mol. The van der Waals surface area contributed by atoms with Crippen molar-refractivity contribution in [3.8, 4) is 0 Å². The second-order valence-corrected chi connectivity index (χ2v) is 4.21. The molecule has 2 rings (SSSR count). The summed E-state index contributed by atoms with van der Waals surface area (Å²) in [5.41, 5.74) is 4.39. The van der Waals surface area contributed by atoms with Gasteiger partial charge in [-0.25, -0.2) is 4.79 Å². The van der Waals surface area contributed by atoms with Gasteiger partial charge >= 0.3 is 5.97 Å². The van der Waals surface area contributed by atoms with Crippen molar-refractivity contribution >= 4 is 5.97 Å². The zero-order valence-electron chi connectivity index (χ0n) is 9.62. The number of benzene rings is 1. The average Bonchev–Trinajstić information content (AvgIpc) is 2.77. The van der Waals surface area contributed by atoms with Crippen LogP contribution in [0.4, 0.5) is 0 Å². The highest BCUT2D eigenvalue weighted by Gasteiger charge is 2.25. The summed E-state index contributed by atoms with van der Waals surface area (Å²) in [6, 6.07) is 3.80. The number of rotatable bonds is 2. The Morgan fingerprint density at radius 1 is 1.38 bits per heavy atom. The van der Waals surface area contributed by atoms with Gasteiger partial charge in [0.15, 0.2) is 6.10 Å². The van der Waals surface area contributed by atoms with Gasteiger partial charge in [0.1, 0.15) is 0 Å². The number of hydrogen-bond donors (Lipinski definition) is 1. The summed E-state index contributed by atoms with van der Waals surface area (Å²) in [6.45, 7) is 2.07. The molecule has 1 N–H and O–H groups in total. The van der Waals surface area contributed by atoms with Crippen molar-refractivity contribution in [2.45, 2.75) is 32.3 Å². The smallest absolute Gasteiger partial charge is 0.339 e. The van der Waals surface area contributed by atoms with E-state index in [9.17, 15) is 9.90 Å². The third-order valence-electron chi connectivity index (χ3n) is 3.27. The van der Waals surface area contributed by atoms with Crippen molar-refractivity contribution < 1.29 is 14.6 Å². The first-order valence-corrected chi connectivity index (χ1v) is 5.52. The first-order valence-electron chi connectivity index (χ1n) is 5.52. The minimum atomic E-state index is -1.14. The van der Waals surface area contributed by atoms with Crippen LogP contribution in [0.1, 0.15) is 34.8 Å². The zero-order chi connectivity index (χ0) is 11.7. The Morgan fingerprint density at radius 3 is 2.75 bits per heavy atom. The van der Waals surface area contributed by atoms with Crippen molar-refractivity contribution in [2.24, 2.45) is 0 Å². The van der Waals surface area contributed by atoms with Crippen LogP contribution in [-0.2, 0) is 22.4 Å². The van der Waals surface area contributed by atoms with E-state index in [4.69, 9.17) is 0 Å². The first kappa shape index (κ1) is 11.1. The van der Waals surface area contributed by atoms with Gasteiger partial charge in [0.25, 0.3) is 0 Å². The lowest BCUT2D eigenvalue weighted by Crippen LogP contribution is -2.15. The van der Waals surface area contributed by atoms with Gasteiger partial charge in [0, 0.05) is 0 Å². The molecule has 0 spiro atoms. The van der Waals surface area contributed by atoms with E-state index in [0.29, 0.717) is 5.56 Å². The van der Waals surface area contributed by atoms with Gasteiger partial charge in [0.05, 0.1) is 7.11 Å². The lowest BCUT2D eigenvalue weighted by Gasteiger charge is -2.14. The van der Waals surface area contributed by atoms with Gasteiger partial charge in [-0.15, -0.1) is 0 Å². The van der Waals surface area contributed by atoms with Gasteiger partial charge in [-0.1, -0.05) is 12.1 Å². The Balaban J connectivity index is 2.43. The number of esters is 1. The molecule has 3 nitrogen and oxygen atoms in total. The summed E-state index contributed by atoms with van der Waals surface area (Å²) in [5.74, 6) is -0.585. The van der Waals surface area contributed by atoms with Crippen molar-refractivity contribution in [1.82, 2.24) is 0 Å². The van der Waals surface area contributed by atoms with Gasteiger partial charge in [-0.05, 0) is 48.4 Å². The number of aliphatic hydroxyl groups is 1. The quantitative estimate of drug-likeness (QED) is 0.771. The molecule has 0 radical (unpaired) electrons. The molecule has 0 fully saturated rings. The molecule has 1 aromatic rings. The largest absolute Gasteiger partial charge is 0.467 e. The standard InChI is InChI=1S/C13H16O3/c1-8-6-7-11(12(14)13(15)16-2)10-5-3-4-9(8)10/h6-7,12,14H,3-5H2,1-2H3. The van der Waals surface area contributed by atoms with E-state index in [1.165, 1.54) is 18.2 Å². The van der Waals surface area contributed by atoms with Crippen molar-refractivity contribution in [3.05, 3.63) is 34.4 Å². The number of carbonyl (C=O) groups excluding carboxylic acids is 1. The zero-order valence-corrected chi connectivity index (χ0v) is 9.62. The van der Waals surface area contributed by atoms with Crippen LogP contribution in [0.5, 0.6) is 0 Å². The van der Waals surface area contributed by atoms with Crippen molar-refractivity contribution in [1.29, 1.82) is 0 Å². The molecule has 16 heavy (non-hydrogen) atoms. The summed E-state index contributed by atoms with van der Waals surface area (Å²) < 4.78 is 4.57. The molecule has 0 aliphatic heterocycles. The van der Waals surface area contributed by atoms with E-state index < -0.39 is 12.1 Å². The number of aryl methyl sites for hydroxylation is 1. The van der Waals surface area contributed by atoms with Gasteiger partial charge in [0.2, 0.25) is 0 Å². The average molecular weight is 220 g/mol. The third kappa shape index (κ3) is 1.71. The number of ether oxygens (including phenoxy) is 1. The van der Waals surface area contributed by atoms with Gasteiger partial charge < -0.3 is 9.84 Å². The maximum Gasteiger partial charge on any atom is 0.339 e. The number of methoxy groups -OCH3 is 1. The maximum absolute atomic E-state index is 11.3. The van der Waals surface area contributed by atoms with Crippen molar-refractivity contribution in [2.75, 3.05) is 7.11 Å². The van der Waals surface area contributed by atoms with Crippen LogP contribution < -0.4 is 0 Å². The molecule has 0 saturated carbocycles. The van der Waals surface area contributed by atoms with E-state index in [0.717, 1.165) is 24.8 Å². The molecule has 0 amide bonds. The number of aliphatic hydroxyl groups excluding tert-OH is 1. The number of hydrogen-bond acceptors (Lipinski definition) is 3. The highest BCUT2D eigenvalue weighted by molar-refractivity contribution is 5.77. The summed E-state index contributed by atoms with van der Waals surface area (Å²) in [7, 11) is 1.29. The van der Waals surface area contributed by atoms with Crippen LogP contribution in [0, 0.1) is 6.92 Å². The second-order valence-electron chi connectivity index (χ2n) is 4.21. The second kappa shape index (κ2) is 4.26. The Kier molecular flexibility index (Phi) is 2.97. The van der Waals surface area contributed by atoms with E-state index in [1.807, 2.05) is 12.1 Å². The Morgan fingerprint density at radius 2 is 2.06 bits per heavy atom. The summed E-state index contributed by atoms with van der Waals surface area (Å²) in [5, 5.41) is 9.87. The van der Waals surface area contributed by atoms with E-state index in [2.05, 4.69) is 11.7 Å². The minimum absolute atomic E-state index is 0.585. The molecular weight excluding hydrogens is 204 g/mol. The lowest BCUT2D eigenvalue weighted by molar-refractivity contribution is -0.150. The molecule has 1 aliphatic carbocycles. The first-order chi connectivity index (χ1) is 7.65. The van der Waals surface area contributed by atoms with Crippen LogP contribution in [0.15, 0.2) is 12.1 Å². The number of carbonyl (C=O) groups is 1. The molecule has 0 saturated heterocycles. The lowest BCUT2D eigenvalue weighted by atomic mass is 9.95. The molecule has 1 aliphatic rings. The van der Waals surface area contributed by atoms with E-state index >= 15 is 0 Å². The Labute approximate surface area is 95.0 Å². The normalized spacial score (nSPS) is 15.7. The van der Waals surface area contributed by atoms with Crippen LogP contribution >= 0.6 is 0 Å². The summed E-state index contributed by atoms with van der Waals surface area (Å²) >= 11 is 0. The van der Waals surface area contributed by atoms with Gasteiger partial charge in [-0.2, -0.15) is 0 Å².